The minimum atomic E-state index is -0.613. The van der Waals surface area contributed by atoms with Crippen molar-refractivity contribution in [2.24, 2.45) is 0 Å². The molecule has 3 aromatic carbocycles. The average molecular weight is 523 g/mol. The largest absolute Gasteiger partial charge is 0.326 e. The maximum absolute atomic E-state index is 14.3. The molecule has 0 aliphatic heterocycles. The van der Waals surface area contributed by atoms with Crippen LogP contribution in [-0.4, -0.2) is 38.9 Å². The Morgan fingerprint density at radius 2 is 1.75 bits per heavy atom. The highest BCUT2D eigenvalue weighted by molar-refractivity contribution is 6.31. The van der Waals surface area contributed by atoms with E-state index in [1.54, 1.807) is 47.2 Å². The molecular formula is C27H21Cl2FN4O2. The molecule has 1 fully saturated rings. The summed E-state index contributed by atoms with van der Waals surface area (Å²) < 4.78 is 16.0. The van der Waals surface area contributed by atoms with Crippen molar-refractivity contribution in [2.45, 2.75) is 18.9 Å². The van der Waals surface area contributed by atoms with Gasteiger partial charge in [-0.1, -0.05) is 53.5 Å². The number of nitrogens with one attached hydrogen (secondary N) is 1. The molecule has 0 spiro atoms. The summed E-state index contributed by atoms with van der Waals surface area (Å²) >= 11 is 12.2. The second-order valence-corrected chi connectivity index (χ2v) is 9.37. The maximum Gasteiger partial charge on any atom is 0.257 e. The van der Waals surface area contributed by atoms with Crippen LogP contribution in [0.25, 0.3) is 16.9 Å². The van der Waals surface area contributed by atoms with Crippen LogP contribution >= 0.6 is 23.2 Å². The number of halogens is 3. The van der Waals surface area contributed by atoms with Crippen LogP contribution in [0.1, 0.15) is 23.2 Å². The molecule has 36 heavy (non-hydrogen) atoms. The normalized spacial score (nSPS) is 12.9. The number of benzene rings is 3. The van der Waals surface area contributed by atoms with Crippen LogP contribution in [0.4, 0.5) is 10.3 Å². The molecule has 0 bridgehead atoms. The number of rotatable bonds is 7. The summed E-state index contributed by atoms with van der Waals surface area (Å²) in [5.41, 5.74) is 2.07. The molecule has 2 amide bonds. The molecule has 0 unspecified atom stereocenters. The first-order valence-electron chi connectivity index (χ1n) is 11.4. The van der Waals surface area contributed by atoms with Gasteiger partial charge in [0.15, 0.2) is 0 Å². The van der Waals surface area contributed by atoms with E-state index >= 15 is 0 Å². The molecule has 9 heteroatoms. The predicted octanol–water partition coefficient (Wildman–Crippen LogP) is 6.23. The minimum Gasteiger partial charge on any atom is -0.326 e. The molecule has 1 aliphatic rings. The number of imidazole rings is 1. The van der Waals surface area contributed by atoms with Crippen LogP contribution in [0.15, 0.2) is 79.0 Å². The fourth-order valence-electron chi connectivity index (χ4n) is 3.91. The molecule has 1 saturated carbocycles. The Hall–Kier alpha value is -3.68. The summed E-state index contributed by atoms with van der Waals surface area (Å²) in [6, 6.07) is 20.0. The van der Waals surface area contributed by atoms with Crippen LogP contribution in [0, 0.1) is 5.82 Å². The van der Waals surface area contributed by atoms with E-state index in [1.165, 1.54) is 23.1 Å². The monoisotopic (exact) mass is 522 g/mol. The number of hydrogen-bond donors (Lipinski definition) is 1. The Morgan fingerprint density at radius 3 is 2.44 bits per heavy atom. The Bertz CT molecular complexity index is 1430. The lowest BCUT2D eigenvalue weighted by Gasteiger charge is -2.22. The Morgan fingerprint density at radius 1 is 1.00 bits per heavy atom. The van der Waals surface area contributed by atoms with Gasteiger partial charge in [0.1, 0.15) is 12.4 Å². The van der Waals surface area contributed by atoms with Crippen LogP contribution in [0.2, 0.25) is 10.0 Å². The number of carbonyl (C=O) groups excluding carboxylic acids is 2. The van der Waals surface area contributed by atoms with Gasteiger partial charge in [0.2, 0.25) is 11.9 Å². The smallest absolute Gasteiger partial charge is 0.257 e. The summed E-state index contributed by atoms with van der Waals surface area (Å²) in [5.74, 6) is -1.30. The lowest BCUT2D eigenvalue weighted by molar-refractivity contribution is -0.117. The molecule has 0 atom stereocenters. The fraction of sp³-hybridized carbons (Fsp3) is 0.148. The quantitative estimate of drug-likeness (QED) is 0.313. The number of aromatic nitrogens is 2. The zero-order valence-corrected chi connectivity index (χ0v) is 20.5. The van der Waals surface area contributed by atoms with Gasteiger partial charge >= 0.3 is 0 Å². The second kappa shape index (κ2) is 10.1. The first-order chi connectivity index (χ1) is 17.4. The van der Waals surface area contributed by atoms with Gasteiger partial charge in [-0.3, -0.25) is 19.5 Å². The minimum absolute atomic E-state index is 0.0531. The molecule has 6 nitrogen and oxygen atoms in total. The summed E-state index contributed by atoms with van der Waals surface area (Å²) in [5, 5.41) is 3.95. The lowest BCUT2D eigenvalue weighted by atomic mass is 10.2. The van der Waals surface area contributed by atoms with E-state index in [0.717, 1.165) is 18.4 Å². The number of nitrogens with zero attached hydrogens (tertiary/aromatic N) is 3. The molecule has 5 rings (SSSR count). The van der Waals surface area contributed by atoms with E-state index in [9.17, 15) is 14.0 Å². The van der Waals surface area contributed by atoms with Crippen LogP contribution < -0.4 is 5.32 Å². The standard InChI is InChI=1S/C27H21Cl2FN4O2/c28-18-10-8-17(9-11-18)24-15-34(21-5-3-4-19(29)14-21)27(31-24)32-25(35)16-33(20-12-13-20)26(36)22-6-1-2-7-23(22)30/h1-11,14-15,20H,12-13,16H2,(H,31,32,35). The summed E-state index contributed by atoms with van der Waals surface area (Å²) in [6.45, 7) is -0.226. The third-order valence-electron chi connectivity index (χ3n) is 5.85. The van der Waals surface area contributed by atoms with E-state index in [0.29, 0.717) is 21.4 Å². The number of anilines is 1. The summed E-state index contributed by atoms with van der Waals surface area (Å²) in [4.78, 5) is 32.2. The summed E-state index contributed by atoms with van der Waals surface area (Å²) in [6.07, 6.45) is 3.32. The van der Waals surface area contributed by atoms with Crippen molar-refractivity contribution in [3.8, 4) is 16.9 Å². The third-order valence-corrected chi connectivity index (χ3v) is 6.34. The van der Waals surface area contributed by atoms with Crippen molar-refractivity contribution in [1.82, 2.24) is 14.5 Å². The van der Waals surface area contributed by atoms with Crippen molar-refractivity contribution in [1.29, 1.82) is 0 Å². The number of hydrogen-bond acceptors (Lipinski definition) is 3. The molecule has 182 valence electrons. The topological polar surface area (TPSA) is 67.2 Å². The van der Waals surface area contributed by atoms with Crippen molar-refractivity contribution in [3.63, 3.8) is 0 Å². The zero-order chi connectivity index (χ0) is 25.2. The highest BCUT2D eigenvalue weighted by Crippen LogP contribution is 2.30. The van der Waals surface area contributed by atoms with E-state index in [4.69, 9.17) is 23.2 Å². The molecule has 0 saturated heterocycles. The number of carbonyl (C=O) groups is 2. The van der Waals surface area contributed by atoms with Crippen molar-refractivity contribution in [2.75, 3.05) is 11.9 Å². The first kappa shape index (κ1) is 24.0. The van der Waals surface area contributed by atoms with Gasteiger partial charge in [0.05, 0.1) is 11.3 Å². The van der Waals surface area contributed by atoms with Crippen molar-refractivity contribution < 1.29 is 14.0 Å². The van der Waals surface area contributed by atoms with Gasteiger partial charge < -0.3 is 4.90 Å². The lowest BCUT2D eigenvalue weighted by Crippen LogP contribution is -2.40. The average Bonchev–Trinajstić information content (AvgIpc) is 3.62. The van der Waals surface area contributed by atoms with Gasteiger partial charge in [-0.2, -0.15) is 0 Å². The molecule has 4 aromatic rings. The van der Waals surface area contributed by atoms with E-state index in [1.807, 2.05) is 18.2 Å². The molecule has 0 radical (unpaired) electrons. The first-order valence-corrected chi connectivity index (χ1v) is 12.1. The molecule has 1 N–H and O–H groups in total. The molecule has 1 heterocycles. The van der Waals surface area contributed by atoms with Gasteiger partial charge in [-0.25, -0.2) is 9.37 Å². The zero-order valence-electron chi connectivity index (χ0n) is 19.0. The molecule has 1 aliphatic carbocycles. The predicted molar refractivity (Wildman–Crippen MR) is 138 cm³/mol. The maximum atomic E-state index is 14.3. The highest BCUT2D eigenvalue weighted by Gasteiger charge is 2.35. The van der Waals surface area contributed by atoms with Crippen molar-refractivity contribution >= 4 is 41.0 Å². The summed E-state index contributed by atoms with van der Waals surface area (Å²) in [7, 11) is 0. The third kappa shape index (κ3) is 5.27. The Labute approximate surface area is 217 Å². The fourth-order valence-corrected chi connectivity index (χ4v) is 4.22. The van der Waals surface area contributed by atoms with Crippen LogP contribution in [0.3, 0.4) is 0 Å². The Balaban J connectivity index is 1.43. The van der Waals surface area contributed by atoms with Crippen molar-refractivity contribution in [3.05, 3.63) is 100 Å². The van der Waals surface area contributed by atoms with Gasteiger partial charge in [-0.15, -0.1) is 0 Å². The van der Waals surface area contributed by atoms with Gasteiger partial charge in [-0.05, 0) is 55.3 Å². The van der Waals surface area contributed by atoms with E-state index in [2.05, 4.69) is 10.3 Å². The Kier molecular flexibility index (Phi) is 6.76. The number of amides is 2. The van der Waals surface area contributed by atoms with E-state index < -0.39 is 17.6 Å². The van der Waals surface area contributed by atoms with Gasteiger partial charge in [0.25, 0.3) is 5.91 Å². The van der Waals surface area contributed by atoms with Crippen LogP contribution in [-0.2, 0) is 4.79 Å². The van der Waals surface area contributed by atoms with E-state index in [-0.39, 0.29) is 24.1 Å². The molecule has 1 aromatic heterocycles. The highest BCUT2D eigenvalue weighted by atomic mass is 35.5. The van der Waals surface area contributed by atoms with Gasteiger partial charge in [0, 0.05) is 33.5 Å². The van der Waals surface area contributed by atoms with Crippen LogP contribution in [0.5, 0.6) is 0 Å². The molecular weight excluding hydrogens is 502 g/mol. The second-order valence-electron chi connectivity index (χ2n) is 8.50. The SMILES string of the molecule is O=C(CN(C(=O)c1ccccc1F)C1CC1)Nc1nc(-c2ccc(Cl)cc2)cn1-c1cccc(Cl)c1.